The molecule has 4 heteroatoms. The lowest BCUT2D eigenvalue weighted by Gasteiger charge is -2.02. The summed E-state index contributed by atoms with van der Waals surface area (Å²) in [4.78, 5) is 4.27. The van der Waals surface area contributed by atoms with Crippen molar-refractivity contribution in [2.24, 2.45) is 10.7 Å². The van der Waals surface area contributed by atoms with E-state index in [-0.39, 0.29) is 0 Å². The van der Waals surface area contributed by atoms with Crippen LogP contribution in [0.3, 0.4) is 0 Å². The molecule has 0 fully saturated rings. The maximum absolute atomic E-state index is 5.77. The fourth-order valence-corrected chi connectivity index (χ4v) is 1.77. The largest absolute Gasteiger partial charge is 0.377 e. The van der Waals surface area contributed by atoms with Crippen LogP contribution in [0.5, 0.6) is 0 Å². The van der Waals surface area contributed by atoms with Crippen LogP contribution >= 0.6 is 11.9 Å². The lowest BCUT2D eigenvalue weighted by atomic mass is 10.3. The van der Waals surface area contributed by atoms with Crippen LogP contribution in [0.15, 0.2) is 35.3 Å². The molecule has 88 valence electrons. The van der Waals surface area contributed by atoms with Crippen molar-refractivity contribution in [3.05, 3.63) is 30.3 Å². The summed E-state index contributed by atoms with van der Waals surface area (Å²) in [6.45, 7) is 3.17. The molecule has 0 saturated carbocycles. The van der Waals surface area contributed by atoms with Crippen LogP contribution in [0, 0.1) is 0 Å². The molecule has 0 aliphatic rings. The summed E-state index contributed by atoms with van der Waals surface area (Å²) in [5.74, 6) is 0. The Kier molecular flexibility index (Phi) is 6.69. The van der Waals surface area contributed by atoms with Crippen molar-refractivity contribution < 1.29 is 0 Å². The molecule has 0 atom stereocenters. The molecule has 0 aliphatic heterocycles. The number of benzene rings is 1. The summed E-state index contributed by atoms with van der Waals surface area (Å²) in [5.41, 5.74) is 6.66. The zero-order valence-electron chi connectivity index (χ0n) is 9.65. The zero-order chi connectivity index (χ0) is 11.6. The molecule has 16 heavy (non-hydrogen) atoms. The topological polar surface area (TPSA) is 50.4 Å². The summed E-state index contributed by atoms with van der Waals surface area (Å²) in [5, 5.41) is 0.558. The second kappa shape index (κ2) is 8.19. The molecule has 0 bridgehead atoms. The second-order valence-electron chi connectivity index (χ2n) is 3.49. The molecule has 0 amide bonds. The van der Waals surface area contributed by atoms with Gasteiger partial charge in [0, 0.05) is 6.54 Å². The quantitative estimate of drug-likeness (QED) is 0.346. The van der Waals surface area contributed by atoms with Crippen LogP contribution in [0.2, 0.25) is 0 Å². The Morgan fingerprint density at radius 3 is 2.75 bits per heavy atom. The monoisotopic (exact) mass is 237 g/mol. The SMILES string of the molecule is CCCCCNSC(N)=Nc1ccccc1. The van der Waals surface area contributed by atoms with Gasteiger partial charge in [0.25, 0.3) is 0 Å². The minimum absolute atomic E-state index is 0.558. The Morgan fingerprint density at radius 1 is 1.31 bits per heavy atom. The molecule has 0 radical (unpaired) electrons. The van der Waals surface area contributed by atoms with Crippen molar-refractivity contribution in [2.75, 3.05) is 6.54 Å². The molecule has 1 rings (SSSR count). The molecule has 0 aliphatic carbocycles. The number of nitrogens with one attached hydrogen (secondary N) is 1. The van der Waals surface area contributed by atoms with Gasteiger partial charge in [-0.2, -0.15) is 0 Å². The normalized spacial score (nSPS) is 11.7. The number of rotatable bonds is 6. The van der Waals surface area contributed by atoms with Gasteiger partial charge in [0.15, 0.2) is 5.17 Å². The Morgan fingerprint density at radius 2 is 2.06 bits per heavy atom. The second-order valence-corrected chi connectivity index (χ2v) is 4.40. The van der Waals surface area contributed by atoms with Crippen molar-refractivity contribution >= 4 is 22.8 Å². The summed E-state index contributed by atoms with van der Waals surface area (Å²) in [7, 11) is 0. The van der Waals surface area contributed by atoms with Crippen molar-refractivity contribution in [1.82, 2.24) is 4.72 Å². The van der Waals surface area contributed by atoms with Gasteiger partial charge in [0.1, 0.15) is 0 Å². The first-order valence-corrected chi connectivity index (χ1v) is 6.43. The van der Waals surface area contributed by atoms with Crippen LogP contribution in [0.1, 0.15) is 26.2 Å². The Bertz CT molecular complexity index is 311. The highest BCUT2D eigenvalue weighted by molar-refractivity contribution is 8.12. The summed E-state index contributed by atoms with van der Waals surface area (Å²) in [6.07, 6.45) is 3.67. The average molecular weight is 237 g/mol. The van der Waals surface area contributed by atoms with E-state index in [1.807, 2.05) is 30.3 Å². The first-order valence-electron chi connectivity index (χ1n) is 5.62. The van der Waals surface area contributed by atoms with E-state index < -0.39 is 0 Å². The highest BCUT2D eigenvalue weighted by Crippen LogP contribution is 2.11. The van der Waals surface area contributed by atoms with Gasteiger partial charge < -0.3 is 5.73 Å². The molecule has 0 spiro atoms. The number of para-hydroxylation sites is 1. The first-order chi connectivity index (χ1) is 7.83. The Hall–Kier alpha value is -1.00. The molecule has 0 aromatic heterocycles. The third-order valence-electron chi connectivity index (χ3n) is 2.05. The standard InChI is InChI=1S/C12H19N3S/c1-2-3-7-10-14-16-12(13)15-11-8-5-4-6-9-11/h4-6,8-9,14H,2-3,7,10H2,1H3,(H2,13,15). The van der Waals surface area contributed by atoms with E-state index in [1.165, 1.54) is 31.2 Å². The van der Waals surface area contributed by atoms with Gasteiger partial charge in [-0.15, -0.1) is 0 Å². The lowest BCUT2D eigenvalue weighted by molar-refractivity contribution is 0.710. The molecular formula is C12H19N3S. The van der Waals surface area contributed by atoms with Gasteiger partial charge in [-0.25, -0.2) is 4.99 Å². The van der Waals surface area contributed by atoms with Crippen molar-refractivity contribution in [1.29, 1.82) is 0 Å². The summed E-state index contributed by atoms with van der Waals surface area (Å²) < 4.78 is 3.20. The molecule has 0 heterocycles. The number of hydrogen-bond donors (Lipinski definition) is 2. The highest BCUT2D eigenvalue weighted by Gasteiger charge is 1.94. The predicted octanol–water partition coefficient (Wildman–Crippen LogP) is 3.06. The van der Waals surface area contributed by atoms with E-state index in [2.05, 4.69) is 16.6 Å². The number of amidine groups is 1. The molecule has 0 unspecified atom stereocenters. The predicted molar refractivity (Wildman–Crippen MR) is 72.8 cm³/mol. The van der Waals surface area contributed by atoms with Gasteiger partial charge in [-0.3, -0.25) is 4.72 Å². The van der Waals surface area contributed by atoms with Gasteiger partial charge in [0.2, 0.25) is 0 Å². The van der Waals surface area contributed by atoms with Gasteiger partial charge in [-0.1, -0.05) is 38.0 Å². The third-order valence-corrected chi connectivity index (χ3v) is 2.70. The van der Waals surface area contributed by atoms with E-state index >= 15 is 0 Å². The zero-order valence-corrected chi connectivity index (χ0v) is 10.5. The van der Waals surface area contributed by atoms with Gasteiger partial charge in [0.05, 0.1) is 5.69 Å². The number of nitrogens with zero attached hydrogens (tertiary/aromatic N) is 1. The van der Waals surface area contributed by atoms with Gasteiger partial charge >= 0.3 is 0 Å². The van der Waals surface area contributed by atoms with Crippen molar-refractivity contribution in [3.63, 3.8) is 0 Å². The number of hydrogen-bond acceptors (Lipinski definition) is 3. The smallest absolute Gasteiger partial charge is 0.174 e. The van der Waals surface area contributed by atoms with Gasteiger partial charge in [-0.05, 0) is 30.5 Å². The molecule has 1 aromatic rings. The van der Waals surface area contributed by atoms with E-state index in [9.17, 15) is 0 Å². The average Bonchev–Trinajstić information content (AvgIpc) is 2.30. The fraction of sp³-hybridized carbons (Fsp3) is 0.417. The van der Waals surface area contributed by atoms with E-state index in [0.29, 0.717) is 5.17 Å². The number of unbranched alkanes of at least 4 members (excludes halogenated alkanes) is 2. The molecular weight excluding hydrogens is 218 g/mol. The summed E-state index contributed by atoms with van der Waals surface area (Å²) in [6, 6.07) is 9.73. The van der Waals surface area contributed by atoms with Crippen LogP contribution in [0.25, 0.3) is 0 Å². The molecule has 3 nitrogen and oxygen atoms in total. The van der Waals surface area contributed by atoms with Crippen LogP contribution < -0.4 is 10.5 Å². The van der Waals surface area contributed by atoms with Crippen LogP contribution in [0.4, 0.5) is 5.69 Å². The Labute approximate surface area is 102 Å². The van der Waals surface area contributed by atoms with Crippen LogP contribution in [-0.2, 0) is 0 Å². The summed E-state index contributed by atoms with van der Waals surface area (Å²) >= 11 is 1.40. The minimum Gasteiger partial charge on any atom is -0.377 e. The minimum atomic E-state index is 0.558. The molecule has 1 aromatic carbocycles. The molecule has 0 saturated heterocycles. The fourth-order valence-electron chi connectivity index (χ4n) is 1.22. The highest BCUT2D eigenvalue weighted by atomic mass is 32.2. The molecule has 3 N–H and O–H groups in total. The van der Waals surface area contributed by atoms with E-state index in [0.717, 1.165) is 12.2 Å². The first kappa shape index (κ1) is 13.1. The Balaban J connectivity index is 2.24. The van der Waals surface area contributed by atoms with E-state index in [4.69, 9.17) is 5.73 Å². The van der Waals surface area contributed by atoms with E-state index in [1.54, 1.807) is 0 Å². The van der Waals surface area contributed by atoms with Crippen molar-refractivity contribution in [3.8, 4) is 0 Å². The number of aliphatic imine (C=N–C) groups is 1. The lowest BCUT2D eigenvalue weighted by Crippen LogP contribution is -2.15. The maximum atomic E-state index is 5.77. The van der Waals surface area contributed by atoms with Crippen LogP contribution in [-0.4, -0.2) is 11.7 Å². The van der Waals surface area contributed by atoms with Crippen molar-refractivity contribution in [2.45, 2.75) is 26.2 Å². The maximum Gasteiger partial charge on any atom is 0.174 e. The number of nitrogens with two attached hydrogens (primary N) is 1. The third kappa shape index (κ3) is 5.78.